The summed E-state index contributed by atoms with van der Waals surface area (Å²) < 4.78 is 27.7. The molecule has 20 heavy (non-hydrogen) atoms. The van der Waals surface area contributed by atoms with Crippen LogP contribution < -0.4 is 0 Å². The van der Waals surface area contributed by atoms with Crippen LogP contribution in [-0.2, 0) is 15.9 Å². The molecule has 112 valence electrons. The highest BCUT2D eigenvalue weighted by Gasteiger charge is 2.28. The number of nitrogens with zero attached hydrogens (tertiary/aromatic N) is 1. The van der Waals surface area contributed by atoms with Crippen LogP contribution >= 0.6 is 27.5 Å². The van der Waals surface area contributed by atoms with Crippen molar-refractivity contribution in [1.82, 2.24) is 4.31 Å². The van der Waals surface area contributed by atoms with Crippen LogP contribution in [0.3, 0.4) is 0 Å². The van der Waals surface area contributed by atoms with Crippen molar-refractivity contribution < 1.29 is 8.42 Å². The van der Waals surface area contributed by atoms with E-state index in [1.165, 1.54) is 0 Å². The van der Waals surface area contributed by atoms with Gasteiger partial charge in [0.25, 0.3) is 0 Å². The molecule has 0 amide bonds. The van der Waals surface area contributed by atoms with Crippen molar-refractivity contribution in [2.75, 3.05) is 13.1 Å². The first-order valence-electron chi connectivity index (χ1n) is 6.79. The van der Waals surface area contributed by atoms with E-state index in [4.69, 9.17) is 11.6 Å². The van der Waals surface area contributed by atoms with Gasteiger partial charge in [-0.25, -0.2) is 8.42 Å². The van der Waals surface area contributed by atoms with Crippen LogP contribution in [0.25, 0.3) is 0 Å². The summed E-state index contributed by atoms with van der Waals surface area (Å²) in [6, 6.07) is 5.19. The first-order chi connectivity index (χ1) is 9.45. The second-order valence-corrected chi connectivity index (χ2v) is 8.37. The molecule has 2 rings (SSSR count). The molecule has 1 aliphatic rings. The third-order valence-corrected chi connectivity index (χ3v) is 6.93. The van der Waals surface area contributed by atoms with Gasteiger partial charge < -0.3 is 0 Å². The van der Waals surface area contributed by atoms with E-state index in [1.54, 1.807) is 22.5 Å². The predicted octanol–water partition coefficient (Wildman–Crippen LogP) is 4.00. The van der Waals surface area contributed by atoms with Crippen LogP contribution in [0.15, 0.2) is 27.6 Å². The number of halogens is 2. The van der Waals surface area contributed by atoms with E-state index in [2.05, 4.69) is 22.9 Å². The molecular weight excluding hydrogens is 362 g/mol. The van der Waals surface area contributed by atoms with E-state index in [-0.39, 0.29) is 0 Å². The Kier molecular flexibility index (Phi) is 5.51. The van der Waals surface area contributed by atoms with Crippen LogP contribution in [-0.4, -0.2) is 25.8 Å². The van der Waals surface area contributed by atoms with Gasteiger partial charge in [-0.15, -0.1) is 11.6 Å². The number of benzene rings is 1. The monoisotopic (exact) mass is 379 g/mol. The average molecular weight is 381 g/mol. The zero-order valence-electron chi connectivity index (χ0n) is 11.5. The Hall–Kier alpha value is -0.100. The molecule has 0 aromatic heterocycles. The maximum Gasteiger partial charge on any atom is 0.244 e. The molecule has 0 radical (unpaired) electrons. The zero-order valence-corrected chi connectivity index (χ0v) is 14.6. The van der Waals surface area contributed by atoms with Gasteiger partial charge in [-0.05, 0) is 58.8 Å². The van der Waals surface area contributed by atoms with Crippen molar-refractivity contribution in [3.63, 3.8) is 0 Å². The smallest absolute Gasteiger partial charge is 0.207 e. The van der Waals surface area contributed by atoms with Crippen molar-refractivity contribution in [3.05, 3.63) is 28.2 Å². The SMILES string of the molecule is CC1CCCN(S(=O)(=O)c2ccc(CCl)cc2Br)CC1. The molecule has 1 aromatic carbocycles. The molecule has 6 heteroatoms. The second kappa shape index (κ2) is 6.77. The van der Waals surface area contributed by atoms with Gasteiger partial charge in [0.2, 0.25) is 10.0 Å². The molecule has 0 spiro atoms. The average Bonchev–Trinajstić information content (AvgIpc) is 2.63. The molecule has 1 atom stereocenters. The molecule has 1 aliphatic heterocycles. The summed E-state index contributed by atoms with van der Waals surface area (Å²) in [6.45, 7) is 3.39. The van der Waals surface area contributed by atoms with Gasteiger partial charge in [0.05, 0.1) is 4.90 Å². The highest BCUT2D eigenvalue weighted by Crippen LogP contribution is 2.29. The summed E-state index contributed by atoms with van der Waals surface area (Å²) in [5, 5.41) is 0. The van der Waals surface area contributed by atoms with E-state index in [0.717, 1.165) is 24.8 Å². The third kappa shape index (κ3) is 3.56. The molecule has 1 heterocycles. The lowest BCUT2D eigenvalue weighted by Crippen LogP contribution is -2.32. The summed E-state index contributed by atoms with van der Waals surface area (Å²) >= 11 is 9.13. The number of hydrogen-bond donors (Lipinski definition) is 0. The summed E-state index contributed by atoms with van der Waals surface area (Å²) in [7, 11) is -3.42. The van der Waals surface area contributed by atoms with Crippen LogP contribution in [0.1, 0.15) is 31.7 Å². The van der Waals surface area contributed by atoms with Crippen LogP contribution in [0.4, 0.5) is 0 Å². The topological polar surface area (TPSA) is 37.4 Å². The third-order valence-electron chi connectivity index (χ3n) is 3.74. The molecular formula is C14H19BrClNO2S. The first kappa shape index (κ1) is 16.3. The van der Waals surface area contributed by atoms with E-state index in [9.17, 15) is 8.42 Å². The maximum absolute atomic E-state index is 12.7. The zero-order chi connectivity index (χ0) is 14.8. The predicted molar refractivity (Wildman–Crippen MR) is 85.5 cm³/mol. The molecule has 3 nitrogen and oxygen atoms in total. The minimum atomic E-state index is -3.42. The minimum Gasteiger partial charge on any atom is -0.207 e. The van der Waals surface area contributed by atoms with E-state index < -0.39 is 10.0 Å². The molecule has 1 fully saturated rings. The molecule has 0 aliphatic carbocycles. The Morgan fingerprint density at radius 2 is 2.10 bits per heavy atom. The van der Waals surface area contributed by atoms with Gasteiger partial charge >= 0.3 is 0 Å². The summed E-state index contributed by atoms with van der Waals surface area (Å²) in [5.41, 5.74) is 0.905. The standard InChI is InChI=1S/C14H19BrClNO2S/c1-11-3-2-7-17(8-6-11)20(18,19)14-5-4-12(10-16)9-13(14)15/h4-5,9,11H,2-3,6-8,10H2,1H3. The number of sulfonamides is 1. The number of hydrogen-bond acceptors (Lipinski definition) is 2. The summed E-state index contributed by atoms with van der Waals surface area (Å²) in [6.07, 6.45) is 2.95. The van der Waals surface area contributed by atoms with Crippen molar-refractivity contribution in [3.8, 4) is 0 Å². The Labute approximate surface area is 134 Å². The van der Waals surface area contributed by atoms with Crippen molar-refractivity contribution in [1.29, 1.82) is 0 Å². The number of alkyl halides is 1. The fraction of sp³-hybridized carbons (Fsp3) is 0.571. The fourth-order valence-corrected chi connectivity index (χ4v) is 5.20. The van der Waals surface area contributed by atoms with Gasteiger partial charge in [-0.3, -0.25) is 0 Å². The Bertz CT molecular complexity index is 577. The van der Waals surface area contributed by atoms with E-state index in [0.29, 0.717) is 34.3 Å². The van der Waals surface area contributed by atoms with E-state index in [1.807, 2.05) is 0 Å². The maximum atomic E-state index is 12.7. The van der Waals surface area contributed by atoms with Crippen LogP contribution in [0, 0.1) is 5.92 Å². The first-order valence-corrected chi connectivity index (χ1v) is 9.56. The quantitative estimate of drug-likeness (QED) is 0.743. The van der Waals surface area contributed by atoms with Crippen LogP contribution in [0.2, 0.25) is 0 Å². The fourth-order valence-electron chi connectivity index (χ4n) is 2.45. The van der Waals surface area contributed by atoms with Crippen LogP contribution in [0.5, 0.6) is 0 Å². The van der Waals surface area contributed by atoms with Gasteiger partial charge in [0, 0.05) is 23.4 Å². The van der Waals surface area contributed by atoms with Crippen molar-refractivity contribution >= 4 is 37.6 Å². The highest BCUT2D eigenvalue weighted by atomic mass is 79.9. The molecule has 1 aromatic rings. The minimum absolute atomic E-state index is 0.334. The summed E-state index contributed by atoms with van der Waals surface area (Å²) in [4.78, 5) is 0.334. The number of rotatable bonds is 3. The Morgan fingerprint density at radius 3 is 2.75 bits per heavy atom. The molecule has 0 N–H and O–H groups in total. The summed E-state index contributed by atoms with van der Waals surface area (Å²) in [5.74, 6) is 0.970. The Morgan fingerprint density at radius 1 is 1.35 bits per heavy atom. The molecule has 1 saturated heterocycles. The lowest BCUT2D eigenvalue weighted by atomic mass is 10.0. The molecule has 1 unspecified atom stereocenters. The lowest BCUT2D eigenvalue weighted by molar-refractivity contribution is 0.416. The largest absolute Gasteiger partial charge is 0.244 e. The van der Waals surface area contributed by atoms with Gasteiger partial charge in [-0.2, -0.15) is 4.31 Å². The molecule has 0 saturated carbocycles. The lowest BCUT2D eigenvalue weighted by Gasteiger charge is -2.21. The Balaban J connectivity index is 2.30. The highest BCUT2D eigenvalue weighted by molar-refractivity contribution is 9.10. The van der Waals surface area contributed by atoms with Gasteiger partial charge in [0.15, 0.2) is 0 Å². The van der Waals surface area contributed by atoms with Crippen molar-refractivity contribution in [2.45, 2.75) is 37.0 Å². The molecule has 0 bridgehead atoms. The van der Waals surface area contributed by atoms with Crippen molar-refractivity contribution in [2.24, 2.45) is 5.92 Å². The normalized spacial score (nSPS) is 21.6. The van der Waals surface area contributed by atoms with E-state index >= 15 is 0 Å². The second-order valence-electron chi connectivity index (χ2n) is 5.34. The van der Waals surface area contributed by atoms with Gasteiger partial charge in [-0.1, -0.05) is 13.0 Å². The van der Waals surface area contributed by atoms with Gasteiger partial charge in [0.1, 0.15) is 0 Å².